The van der Waals surface area contributed by atoms with Gasteiger partial charge < -0.3 is 9.88 Å². The monoisotopic (exact) mass is 244 g/mol. The molecule has 0 fully saturated rings. The quantitative estimate of drug-likeness (QED) is 0.887. The summed E-state index contributed by atoms with van der Waals surface area (Å²) in [5.74, 6) is 0.757. The number of hydrogen-bond acceptors (Lipinski definition) is 4. The van der Waals surface area contributed by atoms with E-state index in [-0.39, 0.29) is 5.56 Å². The molecule has 2 aromatic rings. The van der Waals surface area contributed by atoms with Crippen LogP contribution in [0.15, 0.2) is 35.4 Å². The van der Waals surface area contributed by atoms with Crippen molar-refractivity contribution in [2.45, 2.75) is 26.9 Å². The van der Waals surface area contributed by atoms with Crippen LogP contribution >= 0.6 is 0 Å². The summed E-state index contributed by atoms with van der Waals surface area (Å²) < 4.78 is 1.66. The Morgan fingerprint density at radius 1 is 1.33 bits per heavy atom. The minimum atomic E-state index is 0.0148. The molecule has 0 unspecified atom stereocenters. The van der Waals surface area contributed by atoms with Crippen LogP contribution in [-0.2, 0) is 13.1 Å². The van der Waals surface area contributed by atoms with Crippen molar-refractivity contribution in [1.29, 1.82) is 0 Å². The number of aryl methyl sites for hydroxylation is 2. The lowest BCUT2D eigenvalue weighted by atomic mass is 10.3. The highest BCUT2D eigenvalue weighted by atomic mass is 16.1. The number of aromatic nitrogens is 3. The van der Waals surface area contributed by atoms with Gasteiger partial charge in [-0.15, -0.1) is 0 Å². The van der Waals surface area contributed by atoms with Gasteiger partial charge in [0, 0.05) is 25.0 Å². The summed E-state index contributed by atoms with van der Waals surface area (Å²) in [6.45, 7) is 5.09. The Bertz CT molecular complexity index is 592. The molecule has 0 saturated carbocycles. The minimum Gasteiger partial charge on any atom is -0.378 e. The Morgan fingerprint density at radius 2 is 2.17 bits per heavy atom. The lowest BCUT2D eigenvalue weighted by Gasteiger charge is -2.08. The third-order valence-electron chi connectivity index (χ3n) is 2.63. The molecule has 0 aliphatic heterocycles. The van der Waals surface area contributed by atoms with Crippen LogP contribution in [-0.4, -0.2) is 14.5 Å². The Hall–Kier alpha value is -2.17. The average molecular weight is 244 g/mol. The van der Waals surface area contributed by atoms with E-state index in [2.05, 4.69) is 15.3 Å². The second-order valence-corrected chi connectivity index (χ2v) is 3.99. The molecule has 2 heterocycles. The highest BCUT2D eigenvalue weighted by Gasteiger charge is 1.99. The number of rotatable bonds is 4. The van der Waals surface area contributed by atoms with Crippen LogP contribution in [0.5, 0.6) is 0 Å². The smallest absolute Gasteiger partial charge is 0.250 e. The average Bonchev–Trinajstić information content (AvgIpc) is 2.38. The van der Waals surface area contributed by atoms with E-state index in [4.69, 9.17) is 0 Å². The maximum absolute atomic E-state index is 11.4. The zero-order valence-electron chi connectivity index (χ0n) is 10.6. The molecule has 1 N–H and O–H groups in total. The minimum absolute atomic E-state index is 0.0148. The highest BCUT2D eigenvalue weighted by molar-refractivity contribution is 5.40. The van der Waals surface area contributed by atoms with Crippen molar-refractivity contribution in [2.75, 3.05) is 5.32 Å². The zero-order chi connectivity index (χ0) is 13.0. The van der Waals surface area contributed by atoms with Crippen molar-refractivity contribution in [1.82, 2.24) is 14.5 Å². The van der Waals surface area contributed by atoms with Gasteiger partial charge >= 0.3 is 0 Å². The normalized spacial score (nSPS) is 10.3. The maximum atomic E-state index is 11.4. The molecule has 0 saturated heterocycles. The van der Waals surface area contributed by atoms with Gasteiger partial charge in [0.05, 0.1) is 17.9 Å². The number of nitrogens with zero attached hydrogens (tertiary/aromatic N) is 3. The van der Waals surface area contributed by atoms with E-state index in [0.29, 0.717) is 13.1 Å². The van der Waals surface area contributed by atoms with Crippen molar-refractivity contribution >= 4 is 5.69 Å². The van der Waals surface area contributed by atoms with E-state index in [1.165, 1.54) is 0 Å². The van der Waals surface area contributed by atoms with Crippen molar-refractivity contribution < 1.29 is 0 Å². The van der Waals surface area contributed by atoms with Crippen LogP contribution < -0.4 is 10.9 Å². The number of pyridine rings is 1. The number of nitrogens with one attached hydrogen (secondary N) is 1. The lowest BCUT2D eigenvalue weighted by molar-refractivity contribution is 0.727. The fraction of sp³-hybridized carbons (Fsp3) is 0.308. The number of hydrogen-bond donors (Lipinski definition) is 1. The Morgan fingerprint density at radius 3 is 2.89 bits per heavy atom. The maximum Gasteiger partial charge on any atom is 0.250 e. The molecule has 0 bridgehead atoms. The van der Waals surface area contributed by atoms with Gasteiger partial charge in [-0.25, -0.2) is 9.97 Å². The van der Waals surface area contributed by atoms with Gasteiger partial charge in [-0.1, -0.05) is 0 Å². The summed E-state index contributed by atoms with van der Waals surface area (Å²) in [6, 6.07) is 5.22. The molecule has 2 rings (SSSR count). The van der Waals surface area contributed by atoms with Crippen molar-refractivity contribution in [2.24, 2.45) is 0 Å². The van der Waals surface area contributed by atoms with Gasteiger partial charge in [0.25, 0.3) is 5.56 Å². The summed E-state index contributed by atoms with van der Waals surface area (Å²) in [5.41, 5.74) is 1.85. The van der Waals surface area contributed by atoms with Crippen molar-refractivity contribution in [3.8, 4) is 0 Å². The fourth-order valence-electron chi connectivity index (χ4n) is 1.68. The van der Waals surface area contributed by atoms with Crippen LogP contribution in [0.25, 0.3) is 0 Å². The first-order valence-electron chi connectivity index (χ1n) is 5.92. The van der Waals surface area contributed by atoms with Gasteiger partial charge in [0.15, 0.2) is 0 Å². The number of anilines is 1. The molecule has 0 aromatic carbocycles. The van der Waals surface area contributed by atoms with Crippen LogP contribution in [0.1, 0.15) is 18.4 Å². The first-order valence-corrected chi connectivity index (χ1v) is 5.92. The topological polar surface area (TPSA) is 59.8 Å². The van der Waals surface area contributed by atoms with Gasteiger partial charge in [-0.2, -0.15) is 0 Å². The molecule has 5 nitrogen and oxygen atoms in total. The van der Waals surface area contributed by atoms with E-state index in [9.17, 15) is 4.79 Å². The Labute approximate surface area is 106 Å². The molecule has 0 atom stereocenters. The van der Waals surface area contributed by atoms with Gasteiger partial charge in [0.2, 0.25) is 0 Å². The summed E-state index contributed by atoms with van der Waals surface area (Å²) >= 11 is 0. The molecule has 18 heavy (non-hydrogen) atoms. The molecule has 0 amide bonds. The molecule has 5 heteroatoms. The van der Waals surface area contributed by atoms with E-state index in [0.717, 1.165) is 17.2 Å². The lowest BCUT2D eigenvalue weighted by Crippen LogP contribution is -2.18. The van der Waals surface area contributed by atoms with Crippen LogP contribution in [0.3, 0.4) is 0 Å². The van der Waals surface area contributed by atoms with Crippen molar-refractivity contribution in [3.63, 3.8) is 0 Å². The SMILES string of the molecule is CCn1cc(NCc2ccnc(C)n2)ccc1=O. The van der Waals surface area contributed by atoms with Gasteiger partial charge in [-0.3, -0.25) is 4.79 Å². The van der Waals surface area contributed by atoms with E-state index in [1.54, 1.807) is 22.9 Å². The predicted molar refractivity (Wildman–Crippen MR) is 70.5 cm³/mol. The van der Waals surface area contributed by atoms with E-state index >= 15 is 0 Å². The molecule has 2 aromatic heterocycles. The summed E-state index contributed by atoms with van der Waals surface area (Å²) in [4.78, 5) is 19.8. The molecular weight excluding hydrogens is 228 g/mol. The van der Waals surface area contributed by atoms with E-state index < -0.39 is 0 Å². The predicted octanol–water partition coefficient (Wildman–Crippen LogP) is 1.58. The third kappa shape index (κ3) is 2.94. The van der Waals surface area contributed by atoms with E-state index in [1.807, 2.05) is 26.1 Å². The van der Waals surface area contributed by atoms with Gasteiger partial charge in [-0.05, 0) is 26.0 Å². The summed E-state index contributed by atoms with van der Waals surface area (Å²) in [5, 5.41) is 3.24. The molecule has 0 aliphatic carbocycles. The molecule has 0 radical (unpaired) electrons. The molecular formula is C13H16N4O. The summed E-state index contributed by atoms with van der Waals surface area (Å²) in [7, 11) is 0. The van der Waals surface area contributed by atoms with Gasteiger partial charge in [0.1, 0.15) is 5.82 Å². The molecule has 94 valence electrons. The first-order chi connectivity index (χ1) is 8.69. The second kappa shape index (κ2) is 5.44. The Balaban J connectivity index is 2.08. The van der Waals surface area contributed by atoms with Crippen LogP contribution in [0, 0.1) is 6.92 Å². The largest absolute Gasteiger partial charge is 0.378 e. The fourth-order valence-corrected chi connectivity index (χ4v) is 1.68. The standard InChI is InChI=1S/C13H16N4O/c1-3-17-9-12(4-5-13(17)18)15-8-11-6-7-14-10(2)16-11/h4-7,9,15H,3,8H2,1-2H3. The Kier molecular flexibility index (Phi) is 3.72. The van der Waals surface area contributed by atoms with Crippen LogP contribution in [0.2, 0.25) is 0 Å². The van der Waals surface area contributed by atoms with Crippen molar-refractivity contribution in [3.05, 3.63) is 52.5 Å². The molecule has 0 spiro atoms. The molecule has 0 aliphatic rings. The first kappa shape index (κ1) is 12.3. The third-order valence-corrected chi connectivity index (χ3v) is 2.63. The second-order valence-electron chi connectivity index (χ2n) is 3.99. The van der Waals surface area contributed by atoms with Crippen LogP contribution in [0.4, 0.5) is 5.69 Å². The zero-order valence-corrected chi connectivity index (χ0v) is 10.6. The summed E-state index contributed by atoms with van der Waals surface area (Å²) in [6.07, 6.45) is 3.56. The highest BCUT2D eigenvalue weighted by Crippen LogP contribution is 2.05.